The number of carbonyl (C=O) groups is 4. The van der Waals surface area contributed by atoms with E-state index in [0.29, 0.717) is 18.0 Å². The fraction of sp³-hybridized carbons (Fsp3) is 0.214. The van der Waals surface area contributed by atoms with Gasteiger partial charge in [-0.05, 0) is 67.6 Å². The van der Waals surface area contributed by atoms with Gasteiger partial charge in [0, 0.05) is 36.3 Å². The largest absolute Gasteiger partial charge is 0.494 e. The van der Waals surface area contributed by atoms with Crippen molar-refractivity contribution in [2.45, 2.75) is 13.3 Å². The van der Waals surface area contributed by atoms with E-state index in [2.05, 4.69) is 0 Å². The van der Waals surface area contributed by atoms with Crippen LogP contribution >= 0.6 is 0 Å². The topological polar surface area (TPSA) is 142 Å². The smallest absolute Gasteiger partial charge is 0.343 e. The SMILES string of the molecule is CCOc1ccc(N2C[C@H](C(=O)OCC(=O)c3ccc(OC(=O)c4ccc([N+](=O)[O-])cc4)cc3)CC2=O)cc1. The number of hydrogen-bond donors (Lipinski definition) is 0. The molecular weight excluding hydrogens is 508 g/mol. The molecule has 11 heteroatoms. The third-order valence-electron chi connectivity index (χ3n) is 5.96. The number of nitro benzene ring substituents is 1. The first-order valence-corrected chi connectivity index (χ1v) is 12.0. The first-order valence-electron chi connectivity index (χ1n) is 12.0. The summed E-state index contributed by atoms with van der Waals surface area (Å²) in [6.45, 7) is 2.04. The number of esters is 2. The van der Waals surface area contributed by atoms with Crippen LogP contribution in [-0.2, 0) is 14.3 Å². The van der Waals surface area contributed by atoms with Crippen LogP contribution < -0.4 is 14.4 Å². The highest BCUT2D eigenvalue weighted by Crippen LogP contribution is 2.27. The molecule has 3 aromatic carbocycles. The Hall–Kier alpha value is -5.06. The molecule has 1 aliphatic rings. The lowest BCUT2D eigenvalue weighted by atomic mass is 10.1. The van der Waals surface area contributed by atoms with Crippen LogP contribution in [0.4, 0.5) is 11.4 Å². The minimum Gasteiger partial charge on any atom is -0.494 e. The van der Waals surface area contributed by atoms with Crippen molar-refractivity contribution < 1.29 is 38.3 Å². The summed E-state index contributed by atoms with van der Waals surface area (Å²) in [7, 11) is 0. The number of Topliss-reactive ketones (excluding diaryl/α,β-unsaturated/α-hetero) is 1. The number of nitrogens with zero attached hydrogens (tertiary/aromatic N) is 2. The van der Waals surface area contributed by atoms with E-state index in [0.717, 1.165) is 0 Å². The second-order valence-corrected chi connectivity index (χ2v) is 8.58. The highest BCUT2D eigenvalue weighted by molar-refractivity contribution is 6.01. The van der Waals surface area contributed by atoms with E-state index < -0.39 is 35.2 Å². The Morgan fingerprint density at radius 1 is 0.923 bits per heavy atom. The number of benzene rings is 3. The molecule has 1 atom stereocenters. The number of amides is 1. The first-order chi connectivity index (χ1) is 18.7. The predicted molar refractivity (Wildman–Crippen MR) is 138 cm³/mol. The molecule has 1 heterocycles. The normalized spacial score (nSPS) is 14.5. The van der Waals surface area contributed by atoms with E-state index in [-0.39, 0.29) is 41.4 Å². The highest BCUT2D eigenvalue weighted by Gasteiger charge is 2.36. The van der Waals surface area contributed by atoms with E-state index in [4.69, 9.17) is 14.2 Å². The Labute approximate surface area is 223 Å². The van der Waals surface area contributed by atoms with Gasteiger partial charge >= 0.3 is 11.9 Å². The average molecular weight is 533 g/mol. The van der Waals surface area contributed by atoms with Gasteiger partial charge < -0.3 is 19.1 Å². The van der Waals surface area contributed by atoms with Gasteiger partial charge in [-0.25, -0.2) is 4.79 Å². The Kier molecular flexibility index (Phi) is 8.30. The van der Waals surface area contributed by atoms with Gasteiger partial charge in [0.25, 0.3) is 5.69 Å². The van der Waals surface area contributed by atoms with Gasteiger partial charge in [0.1, 0.15) is 11.5 Å². The lowest BCUT2D eigenvalue weighted by Gasteiger charge is -2.17. The van der Waals surface area contributed by atoms with Crippen molar-refractivity contribution in [2.24, 2.45) is 5.92 Å². The van der Waals surface area contributed by atoms with Crippen LogP contribution in [0.3, 0.4) is 0 Å². The number of non-ortho nitro benzene ring substituents is 1. The summed E-state index contributed by atoms with van der Waals surface area (Å²) in [6, 6.07) is 17.6. The second kappa shape index (κ2) is 12.0. The molecule has 4 rings (SSSR count). The highest BCUT2D eigenvalue weighted by atomic mass is 16.6. The van der Waals surface area contributed by atoms with Gasteiger partial charge in [0.05, 0.1) is 23.0 Å². The maximum absolute atomic E-state index is 12.5. The lowest BCUT2D eigenvalue weighted by molar-refractivity contribution is -0.384. The summed E-state index contributed by atoms with van der Waals surface area (Å²) in [4.78, 5) is 61.4. The first kappa shape index (κ1) is 27.0. The minimum absolute atomic E-state index is 0.0188. The van der Waals surface area contributed by atoms with Crippen LogP contribution in [0, 0.1) is 16.0 Å². The molecule has 1 amide bonds. The van der Waals surface area contributed by atoms with Crippen LogP contribution in [0.1, 0.15) is 34.1 Å². The van der Waals surface area contributed by atoms with Crippen LogP contribution in [0.2, 0.25) is 0 Å². The molecule has 1 fully saturated rings. The fourth-order valence-corrected chi connectivity index (χ4v) is 3.94. The number of rotatable bonds is 10. The zero-order chi connectivity index (χ0) is 27.9. The number of hydrogen-bond acceptors (Lipinski definition) is 9. The molecule has 0 spiro atoms. The van der Waals surface area contributed by atoms with Crippen molar-refractivity contribution in [3.05, 3.63) is 94.0 Å². The zero-order valence-electron chi connectivity index (χ0n) is 20.9. The van der Waals surface area contributed by atoms with Gasteiger partial charge in [0.2, 0.25) is 5.91 Å². The fourth-order valence-electron chi connectivity index (χ4n) is 3.94. The molecule has 0 aromatic heterocycles. The van der Waals surface area contributed by atoms with E-state index >= 15 is 0 Å². The van der Waals surface area contributed by atoms with Gasteiger partial charge in [-0.3, -0.25) is 24.5 Å². The minimum atomic E-state index is -0.719. The van der Waals surface area contributed by atoms with Crippen molar-refractivity contribution in [3.8, 4) is 11.5 Å². The van der Waals surface area contributed by atoms with Gasteiger partial charge in [-0.2, -0.15) is 0 Å². The summed E-state index contributed by atoms with van der Waals surface area (Å²) in [5, 5.41) is 10.7. The maximum Gasteiger partial charge on any atom is 0.343 e. The van der Waals surface area contributed by atoms with Gasteiger partial charge in [-0.15, -0.1) is 0 Å². The summed E-state index contributed by atoms with van der Waals surface area (Å²) in [5.74, 6) is -1.90. The van der Waals surface area contributed by atoms with Crippen LogP contribution in [-0.4, -0.2) is 48.3 Å². The van der Waals surface area contributed by atoms with Crippen molar-refractivity contribution >= 4 is 35.0 Å². The number of ketones is 1. The summed E-state index contributed by atoms with van der Waals surface area (Å²) >= 11 is 0. The quantitative estimate of drug-likeness (QED) is 0.124. The molecule has 0 bridgehead atoms. The molecule has 0 N–H and O–H groups in total. The Morgan fingerprint density at radius 3 is 2.15 bits per heavy atom. The molecule has 0 unspecified atom stereocenters. The van der Waals surface area contributed by atoms with E-state index in [1.807, 2.05) is 6.92 Å². The molecule has 0 aliphatic carbocycles. The number of anilines is 1. The summed E-state index contributed by atoms with van der Waals surface area (Å²) in [5.41, 5.74) is 0.847. The maximum atomic E-state index is 12.5. The number of carbonyl (C=O) groups excluding carboxylic acids is 4. The Balaban J connectivity index is 1.27. The molecule has 3 aromatic rings. The molecule has 200 valence electrons. The van der Waals surface area contributed by atoms with E-state index in [9.17, 15) is 29.3 Å². The monoisotopic (exact) mass is 532 g/mol. The zero-order valence-corrected chi connectivity index (χ0v) is 20.9. The van der Waals surface area contributed by atoms with Gasteiger partial charge in [-0.1, -0.05) is 0 Å². The van der Waals surface area contributed by atoms with E-state index in [1.54, 1.807) is 24.3 Å². The Bertz CT molecular complexity index is 1380. The second-order valence-electron chi connectivity index (χ2n) is 8.58. The van der Waals surface area contributed by atoms with Crippen molar-refractivity contribution in [2.75, 3.05) is 24.7 Å². The van der Waals surface area contributed by atoms with Crippen molar-refractivity contribution in [3.63, 3.8) is 0 Å². The summed E-state index contributed by atoms with van der Waals surface area (Å²) in [6.07, 6.45) is -0.0188. The predicted octanol–water partition coefficient (Wildman–Crippen LogP) is 3.99. The molecule has 1 saturated heterocycles. The standard InChI is InChI=1S/C28H24N2O9/c1-2-37-23-13-9-21(10-14-23)29-16-20(15-26(29)32)27(33)38-17-25(31)18-5-11-24(12-6-18)39-28(34)19-3-7-22(8-4-19)30(35)36/h3-14,20H,2,15-17H2,1H3/t20-/m1/s1. The number of nitro groups is 1. The third-order valence-corrected chi connectivity index (χ3v) is 5.96. The van der Waals surface area contributed by atoms with Crippen LogP contribution in [0.5, 0.6) is 11.5 Å². The Morgan fingerprint density at radius 2 is 1.54 bits per heavy atom. The molecule has 0 radical (unpaired) electrons. The third kappa shape index (κ3) is 6.63. The summed E-state index contributed by atoms with van der Waals surface area (Å²) < 4.78 is 15.8. The van der Waals surface area contributed by atoms with Crippen LogP contribution in [0.15, 0.2) is 72.8 Å². The molecule has 39 heavy (non-hydrogen) atoms. The lowest BCUT2D eigenvalue weighted by Crippen LogP contribution is -2.27. The van der Waals surface area contributed by atoms with Crippen LogP contribution in [0.25, 0.3) is 0 Å². The molecule has 11 nitrogen and oxygen atoms in total. The molecular formula is C28H24N2O9. The molecule has 1 aliphatic heterocycles. The van der Waals surface area contributed by atoms with E-state index in [1.165, 1.54) is 53.4 Å². The molecule has 0 saturated carbocycles. The number of ether oxygens (including phenoxy) is 3. The van der Waals surface area contributed by atoms with Gasteiger partial charge in [0.15, 0.2) is 12.4 Å². The van der Waals surface area contributed by atoms with Crippen molar-refractivity contribution in [1.29, 1.82) is 0 Å². The average Bonchev–Trinajstić information content (AvgIpc) is 3.34. The van der Waals surface area contributed by atoms with Crippen molar-refractivity contribution in [1.82, 2.24) is 0 Å².